The topological polar surface area (TPSA) is 65.0 Å². The number of nitrogens with zero attached hydrogens (tertiary/aromatic N) is 2. The van der Waals surface area contributed by atoms with Gasteiger partial charge in [0, 0.05) is 51.1 Å². The summed E-state index contributed by atoms with van der Waals surface area (Å²) in [6.45, 7) is 6.11. The third-order valence-electron chi connectivity index (χ3n) is 5.19. The highest BCUT2D eigenvalue weighted by atomic mass is 35.5. The smallest absolute Gasteiger partial charge is 0.253 e. The van der Waals surface area contributed by atoms with Crippen LogP contribution in [-0.2, 0) is 4.74 Å². The number of methoxy groups -OCH3 is 1. The van der Waals surface area contributed by atoms with E-state index in [1.807, 2.05) is 6.07 Å². The van der Waals surface area contributed by atoms with Gasteiger partial charge in [0.15, 0.2) is 6.23 Å². The summed E-state index contributed by atoms with van der Waals surface area (Å²) in [7, 11) is 1.50. The van der Waals surface area contributed by atoms with Crippen molar-refractivity contribution >= 4 is 24.0 Å². The Morgan fingerprint density at radius 1 is 1.07 bits per heavy atom. The minimum absolute atomic E-state index is 0. The standard InChI is InChI=1S/C22H29N3O3.ClH/c1-17-8-6-7-11-19(17)25-14-12-24(13-15-25)16-20(26)22(28-2)23-21(27)18-9-4-3-5-10-18;/h3-11,20,22,26H,12-16H2,1-2H3,(H,23,27);1H. The second kappa shape index (κ2) is 11.2. The van der Waals surface area contributed by atoms with Gasteiger partial charge in [-0.15, -0.1) is 12.4 Å². The summed E-state index contributed by atoms with van der Waals surface area (Å²) in [5.74, 6) is -0.254. The van der Waals surface area contributed by atoms with Crippen LogP contribution in [0.3, 0.4) is 0 Å². The van der Waals surface area contributed by atoms with Gasteiger partial charge in [-0.1, -0.05) is 36.4 Å². The molecular formula is C22H30ClN3O3. The molecule has 2 unspecified atom stereocenters. The summed E-state index contributed by atoms with van der Waals surface area (Å²) < 4.78 is 5.33. The van der Waals surface area contributed by atoms with Crippen LogP contribution >= 0.6 is 12.4 Å². The van der Waals surface area contributed by atoms with Crippen LogP contribution in [-0.4, -0.2) is 68.1 Å². The highest BCUT2D eigenvalue weighted by molar-refractivity contribution is 5.94. The molecule has 0 aliphatic carbocycles. The molecule has 0 spiro atoms. The first-order valence-corrected chi connectivity index (χ1v) is 9.68. The van der Waals surface area contributed by atoms with Crippen molar-refractivity contribution in [1.29, 1.82) is 0 Å². The molecule has 6 nitrogen and oxygen atoms in total. The molecule has 1 amide bonds. The van der Waals surface area contributed by atoms with Gasteiger partial charge in [0.25, 0.3) is 5.91 Å². The lowest BCUT2D eigenvalue weighted by Crippen LogP contribution is -2.53. The maximum absolute atomic E-state index is 12.3. The largest absolute Gasteiger partial charge is 0.387 e. The molecule has 1 heterocycles. The quantitative estimate of drug-likeness (QED) is 0.674. The van der Waals surface area contributed by atoms with E-state index in [-0.39, 0.29) is 18.3 Å². The van der Waals surface area contributed by atoms with Gasteiger partial charge in [0.2, 0.25) is 0 Å². The zero-order chi connectivity index (χ0) is 19.9. The fraction of sp³-hybridized carbons (Fsp3) is 0.409. The summed E-state index contributed by atoms with van der Waals surface area (Å²) in [4.78, 5) is 16.9. The number of carbonyl (C=O) groups excluding carboxylic acids is 1. The van der Waals surface area contributed by atoms with E-state index in [2.05, 4.69) is 46.3 Å². The molecule has 1 fully saturated rings. The fourth-order valence-corrected chi connectivity index (χ4v) is 3.56. The normalized spacial score (nSPS) is 16.6. The lowest BCUT2D eigenvalue weighted by Gasteiger charge is -2.38. The third kappa shape index (κ3) is 6.18. The van der Waals surface area contributed by atoms with Crippen LogP contribution in [0, 0.1) is 6.92 Å². The second-order valence-corrected chi connectivity index (χ2v) is 7.14. The summed E-state index contributed by atoms with van der Waals surface area (Å²) >= 11 is 0. The summed E-state index contributed by atoms with van der Waals surface area (Å²) in [6.07, 6.45) is -1.55. The lowest BCUT2D eigenvalue weighted by molar-refractivity contribution is -0.0417. The molecule has 2 aromatic carbocycles. The molecule has 2 atom stereocenters. The number of piperazine rings is 1. The van der Waals surface area contributed by atoms with E-state index < -0.39 is 12.3 Å². The number of aliphatic hydroxyl groups is 1. The molecule has 0 aromatic heterocycles. The zero-order valence-corrected chi connectivity index (χ0v) is 17.8. The van der Waals surface area contributed by atoms with Gasteiger partial charge in [-0.05, 0) is 30.7 Å². The van der Waals surface area contributed by atoms with Gasteiger partial charge in [-0.25, -0.2) is 0 Å². The number of halogens is 1. The van der Waals surface area contributed by atoms with E-state index in [1.165, 1.54) is 18.4 Å². The molecule has 0 radical (unpaired) electrons. The Hall–Kier alpha value is -2.12. The number of amides is 1. The first-order valence-electron chi connectivity index (χ1n) is 9.68. The van der Waals surface area contributed by atoms with Crippen LogP contribution < -0.4 is 10.2 Å². The monoisotopic (exact) mass is 419 g/mol. The number of anilines is 1. The molecule has 0 bridgehead atoms. The number of nitrogens with one attached hydrogen (secondary N) is 1. The number of benzene rings is 2. The number of hydrogen-bond donors (Lipinski definition) is 2. The molecule has 0 saturated carbocycles. The Morgan fingerprint density at radius 3 is 2.31 bits per heavy atom. The first-order chi connectivity index (χ1) is 13.6. The van der Waals surface area contributed by atoms with Crippen LogP contribution in [0.1, 0.15) is 15.9 Å². The van der Waals surface area contributed by atoms with Gasteiger partial charge in [0.1, 0.15) is 6.10 Å². The SMILES string of the molecule is COC(NC(=O)c1ccccc1)C(O)CN1CCN(c2ccccc2C)CC1.Cl. The first kappa shape index (κ1) is 23.2. The van der Waals surface area contributed by atoms with Crippen molar-refractivity contribution in [3.63, 3.8) is 0 Å². The predicted octanol–water partition coefficient (Wildman–Crippen LogP) is 2.30. The number of ether oxygens (including phenoxy) is 1. The molecule has 1 aliphatic heterocycles. The lowest BCUT2D eigenvalue weighted by atomic mass is 10.1. The Bertz CT molecular complexity index is 767. The van der Waals surface area contributed by atoms with E-state index >= 15 is 0 Å². The molecular weight excluding hydrogens is 390 g/mol. The average Bonchev–Trinajstić information content (AvgIpc) is 2.73. The number of aryl methyl sites for hydroxylation is 1. The van der Waals surface area contributed by atoms with Crippen LogP contribution in [0.4, 0.5) is 5.69 Å². The van der Waals surface area contributed by atoms with Crippen molar-refractivity contribution in [2.45, 2.75) is 19.3 Å². The number of para-hydroxylation sites is 1. The van der Waals surface area contributed by atoms with Crippen LogP contribution in [0.25, 0.3) is 0 Å². The number of carbonyl (C=O) groups is 1. The van der Waals surface area contributed by atoms with Crippen molar-refractivity contribution in [2.24, 2.45) is 0 Å². The molecule has 7 heteroatoms. The summed E-state index contributed by atoms with van der Waals surface area (Å²) in [6, 6.07) is 17.3. The minimum Gasteiger partial charge on any atom is -0.387 e. The van der Waals surface area contributed by atoms with Crippen LogP contribution in [0.2, 0.25) is 0 Å². The molecule has 29 heavy (non-hydrogen) atoms. The molecule has 3 rings (SSSR count). The Morgan fingerprint density at radius 2 is 1.69 bits per heavy atom. The maximum atomic E-state index is 12.3. The highest BCUT2D eigenvalue weighted by Gasteiger charge is 2.26. The van der Waals surface area contributed by atoms with Crippen LogP contribution in [0.5, 0.6) is 0 Å². The van der Waals surface area contributed by atoms with Crippen molar-refractivity contribution in [2.75, 3.05) is 44.7 Å². The summed E-state index contributed by atoms with van der Waals surface area (Å²) in [5.41, 5.74) is 3.09. The van der Waals surface area contributed by atoms with Crippen molar-refractivity contribution in [3.05, 3.63) is 65.7 Å². The fourth-order valence-electron chi connectivity index (χ4n) is 3.56. The third-order valence-corrected chi connectivity index (χ3v) is 5.19. The number of rotatable bonds is 7. The van der Waals surface area contributed by atoms with E-state index in [9.17, 15) is 9.90 Å². The highest BCUT2D eigenvalue weighted by Crippen LogP contribution is 2.20. The van der Waals surface area contributed by atoms with E-state index in [0.29, 0.717) is 12.1 Å². The average molecular weight is 420 g/mol. The Balaban J connectivity index is 0.00000300. The number of hydrogen-bond acceptors (Lipinski definition) is 5. The van der Waals surface area contributed by atoms with E-state index in [4.69, 9.17) is 4.74 Å². The van der Waals surface area contributed by atoms with Crippen LogP contribution in [0.15, 0.2) is 54.6 Å². The Kier molecular flexibility index (Phi) is 8.92. The van der Waals surface area contributed by atoms with Crippen molar-refractivity contribution in [3.8, 4) is 0 Å². The molecule has 1 aliphatic rings. The van der Waals surface area contributed by atoms with Gasteiger partial charge < -0.3 is 20.1 Å². The van der Waals surface area contributed by atoms with Gasteiger partial charge in [0.05, 0.1) is 0 Å². The number of β-amino-alcohol motifs (C(OH)–C–C–N with tert-alkyl or cyclic N) is 1. The van der Waals surface area contributed by atoms with Crippen molar-refractivity contribution < 1.29 is 14.6 Å². The predicted molar refractivity (Wildman–Crippen MR) is 118 cm³/mol. The van der Waals surface area contributed by atoms with E-state index in [0.717, 1.165) is 26.2 Å². The maximum Gasteiger partial charge on any atom is 0.253 e. The van der Waals surface area contributed by atoms with Gasteiger partial charge in [-0.3, -0.25) is 9.69 Å². The second-order valence-electron chi connectivity index (χ2n) is 7.14. The summed E-state index contributed by atoms with van der Waals surface area (Å²) in [5, 5.41) is 13.4. The van der Waals surface area contributed by atoms with E-state index in [1.54, 1.807) is 24.3 Å². The molecule has 2 aromatic rings. The molecule has 2 N–H and O–H groups in total. The van der Waals surface area contributed by atoms with Crippen molar-refractivity contribution in [1.82, 2.24) is 10.2 Å². The van der Waals surface area contributed by atoms with Gasteiger partial charge in [-0.2, -0.15) is 0 Å². The minimum atomic E-state index is -0.803. The number of aliphatic hydroxyl groups excluding tert-OH is 1. The zero-order valence-electron chi connectivity index (χ0n) is 17.0. The molecule has 158 valence electrons. The molecule has 1 saturated heterocycles. The van der Waals surface area contributed by atoms with Gasteiger partial charge >= 0.3 is 0 Å². The Labute approximate surface area is 178 Å².